The van der Waals surface area contributed by atoms with Gasteiger partial charge in [0.2, 0.25) is 0 Å². The molecule has 0 aromatic carbocycles. The molecule has 0 bridgehead atoms. The Morgan fingerprint density at radius 3 is 2.59 bits per heavy atom. The van der Waals surface area contributed by atoms with Gasteiger partial charge >= 0.3 is 12.0 Å². The first-order valence-electron chi connectivity index (χ1n) is 5.08. The summed E-state index contributed by atoms with van der Waals surface area (Å²) in [6.45, 7) is 3.97. The molecule has 94 valence electrons. The Bertz CT molecular complexity index is 411. The molecular weight excluding hydrogens is 242 g/mol. The molecule has 1 aromatic rings. The first kappa shape index (κ1) is 13.4. The minimum Gasteiger partial charge on any atom is -0.481 e. The number of carboxylic acid groups (broad SMARTS) is 1. The molecule has 0 unspecified atom stereocenters. The van der Waals surface area contributed by atoms with E-state index in [1.54, 1.807) is 7.05 Å². The lowest BCUT2D eigenvalue weighted by molar-refractivity contribution is -0.137. The molecule has 0 aliphatic rings. The number of rotatable bonds is 4. The minimum atomic E-state index is -0.925. The topological polar surface area (TPSA) is 82.5 Å². The van der Waals surface area contributed by atoms with Crippen LogP contribution in [0.4, 0.5) is 9.93 Å². The standard InChI is InChI=1S/C10H15N3O3S/c1-6-7(2)17-9(11-6)12-10(16)13(3)5-4-8(14)15/h4-5H2,1-3H3,(H,14,15)(H,11,12,16). The first-order valence-corrected chi connectivity index (χ1v) is 5.89. The molecule has 1 heterocycles. The van der Waals surface area contributed by atoms with Crippen LogP contribution < -0.4 is 5.32 Å². The van der Waals surface area contributed by atoms with Crippen LogP contribution in [0.1, 0.15) is 17.0 Å². The SMILES string of the molecule is Cc1nc(NC(=O)N(C)CCC(=O)O)sc1C. The predicted octanol–water partition coefficient (Wildman–Crippen LogP) is 1.70. The van der Waals surface area contributed by atoms with E-state index in [9.17, 15) is 9.59 Å². The van der Waals surface area contributed by atoms with Crippen LogP contribution >= 0.6 is 11.3 Å². The largest absolute Gasteiger partial charge is 0.481 e. The van der Waals surface area contributed by atoms with Crippen molar-refractivity contribution in [1.29, 1.82) is 0 Å². The molecule has 0 fully saturated rings. The number of urea groups is 1. The number of anilines is 1. The van der Waals surface area contributed by atoms with E-state index in [0.717, 1.165) is 10.6 Å². The fourth-order valence-corrected chi connectivity index (χ4v) is 1.88. The lowest BCUT2D eigenvalue weighted by Crippen LogP contribution is -2.33. The normalized spacial score (nSPS) is 10.1. The summed E-state index contributed by atoms with van der Waals surface area (Å²) >= 11 is 1.40. The Hall–Kier alpha value is -1.63. The number of hydrogen-bond donors (Lipinski definition) is 2. The molecule has 17 heavy (non-hydrogen) atoms. The number of carbonyl (C=O) groups is 2. The van der Waals surface area contributed by atoms with Crippen molar-refractivity contribution in [2.75, 3.05) is 18.9 Å². The summed E-state index contributed by atoms with van der Waals surface area (Å²) in [6, 6.07) is -0.347. The zero-order chi connectivity index (χ0) is 13.0. The molecular formula is C10H15N3O3S. The molecule has 1 rings (SSSR count). The highest BCUT2D eigenvalue weighted by atomic mass is 32.1. The lowest BCUT2D eigenvalue weighted by Gasteiger charge is -2.15. The van der Waals surface area contributed by atoms with Crippen molar-refractivity contribution in [3.05, 3.63) is 10.6 Å². The van der Waals surface area contributed by atoms with Crippen molar-refractivity contribution in [1.82, 2.24) is 9.88 Å². The Morgan fingerprint density at radius 2 is 2.12 bits per heavy atom. The summed E-state index contributed by atoms with van der Waals surface area (Å²) in [5.74, 6) is -0.925. The highest BCUT2D eigenvalue weighted by Crippen LogP contribution is 2.21. The third kappa shape index (κ3) is 4.03. The van der Waals surface area contributed by atoms with Crippen molar-refractivity contribution in [2.24, 2.45) is 0 Å². The third-order valence-electron chi connectivity index (χ3n) is 2.25. The molecule has 0 spiro atoms. The van der Waals surface area contributed by atoms with E-state index in [4.69, 9.17) is 5.11 Å². The molecule has 2 N–H and O–H groups in total. The highest BCUT2D eigenvalue weighted by molar-refractivity contribution is 7.15. The maximum Gasteiger partial charge on any atom is 0.323 e. The minimum absolute atomic E-state index is 0.0696. The second-order valence-corrected chi connectivity index (χ2v) is 4.86. The predicted molar refractivity (Wildman–Crippen MR) is 65.5 cm³/mol. The molecule has 0 atom stereocenters. The van der Waals surface area contributed by atoms with Crippen LogP contribution in [0.25, 0.3) is 0 Å². The summed E-state index contributed by atoms with van der Waals surface area (Å²) in [5, 5.41) is 11.7. The van der Waals surface area contributed by atoms with E-state index >= 15 is 0 Å². The number of nitrogens with zero attached hydrogens (tertiary/aromatic N) is 2. The maximum absolute atomic E-state index is 11.6. The van der Waals surface area contributed by atoms with E-state index in [1.807, 2.05) is 13.8 Å². The number of aliphatic carboxylic acids is 1. The molecule has 1 aromatic heterocycles. The number of aromatic nitrogens is 1. The van der Waals surface area contributed by atoms with Crippen LogP contribution in [0.3, 0.4) is 0 Å². The number of aryl methyl sites for hydroxylation is 2. The van der Waals surface area contributed by atoms with Crippen LogP contribution in [-0.2, 0) is 4.79 Å². The number of amides is 2. The summed E-state index contributed by atoms with van der Waals surface area (Å²) in [5.41, 5.74) is 0.887. The van der Waals surface area contributed by atoms with Gasteiger partial charge in [-0.1, -0.05) is 0 Å². The van der Waals surface area contributed by atoms with Gasteiger partial charge in [-0.15, -0.1) is 11.3 Å². The monoisotopic (exact) mass is 257 g/mol. The number of hydrogen-bond acceptors (Lipinski definition) is 4. The Balaban J connectivity index is 2.51. The number of thiazole rings is 1. The van der Waals surface area contributed by atoms with Crippen molar-refractivity contribution in [3.63, 3.8) is 0 Å². The average Bonchev–Trinajstić information content (AvgIpc) is 2.54. The second-order valence-electron chi connectivity index (χ2n) is 3.66. The van der Waals surface area contributed by atoms with Gasteiger partial charge < -0.3 is 10.0 Å². The third-order valence-corrected chi connectivity index (χ3v) is 3.24. The van der Waals surface area contributed by atoms with E-state index in [0.29, 0.717) is 5.13 Å². The van der Waals surface area contributed by atoms with E-state index in [2.05, 4.69) is 10.3 Å². The van der Waals surface area contributed by atoms with Crippen LogP contribution in [0.15, 0.2) is 0 Å². The van der Waals surface area contributed by atoms with Crippen molar-refractivity contribution in [2.45, 2.75) is 20.3 Å². The summed E-state index contributed by atoms with van der Waals surface area (Å²) < 4.78 is 0. The van der Waals surface area contributed by atoms with E-state index in [-0.39, 0.29) is 19.0 Å². The van der Waals surface area contributed by atoms with Gasteiger partial charge in [-0.25, -0.2) is 9.78 Å². The quantitative estimate of drug-likeness (QED) is 0.860. The Morgan fingerprint density at radius 1 is 1.47 bits per heavy atom. The van der Waals surface area contributed by atoms with Crippen LogP contribution in [0, 0.1) is 13.8 Å². The smallest absolute Gasteiger partial charge is 0.323 e. The molecule has 6 nitrogen and oxygen atoms in total. The number of carboxylic acids is 1. The maximum atomic E-state index is 11.6. The first-order chi connectivity index (χ1) is 7.90. The van der Waals surface area contributed by atoms with Gasteiger partial charge in [-0.2, -0.15) is 0 Å². The van der Waals surface area contributed by atoms with Gasteiger partial charge in [-0.05, 0) is 13.8 Å². The highest BCUT2D eigenvalue weighted by Gasteiger charge is 2.12. The Kier molecular flexibility index (Phi) is 4.45. The molecule has 2 amide bonds. The van der Waals surface area contributed by atoms with Gasteiger partial charge in [0.05, 0.1) is 12.1 Å². The van der Waals surface area contributed by atoms with Gasteiger partial charge in [0.15, 0.2) is 5.13 Å². The van der Waals surface area contributed by atoms with Crippen molar-refractivity contribution in [3.8, 4) is 0 Å². The van der Waals surface area contributed by atoms with Crippen molar-refractivity contribution < 1.29 is 14.7 Å². The fourth-order valence-electron chi connectivity index (χ4n) is 1.08. The van der Waals surface area contributed by atoms with Gasteiger partial charge in [0.25, 0.3) is 0 Å². The summed E-state index contributed by atoms with van der Waals surface area (Å²) in [7, 11) is 1.55. The average molecular weight is 257 g/mol. The van der Waals surface area contributed by atoms with Gasteiger partial charge in [0.1, 0.15) is 0 Å². The lowest BCUT2D eigenvalue weighted by atomic mass is 10.4. The Labute approximate surface area is 103 Å². The molecule has 0 aliphatic heterocycles. The second kappa shape index (κ2) is 5.62. The van der Waals surface area contributed by atoms with Gasteiger partial charge in [-0.3, -0.25) is 10.1 Å². The fraction of sp³-hybridized carbons (Fsp3) is 0.500. The number of nitrogens with one attached hydrogen (secondary N) is 1. The van der Waals surface area contributed by atoms with Crippen LogP contribution in [0.5, 0.6) is 0 Å². The zero-order valence-electron chi connectivity index (χ0n) is 9.98. The van der Waals surface area contributed by atoms with E-state index < -0.39 is 5.97 Å². The van der Waals surface area contributed by atoms with Crippen LogP contribution in [-0.4, -0.2) is 40.6 Å². The molecule has 7 heteroatoms. The van der Waals surface area contributed by atoms with Crippen molar-refractivity contribution >= 4 is 28.5 Å². The molecule has 0 saturated heterocycles. The number of carbonyl (C=O) groups excluding carboxylic acids is 1. The molecule has 0 saturated carbocycles. The zero-order valence-corrected chi connectivity index (χ0v) is 10.8. The molecule has 0 radical (unpaired) electrons. The van der Waals surface area contributed by atoms with Crippen LogP contribution in [0.2, 0.25) is 0 Å². The summed E-state index contributed by atoms with van der Waals surface area (Å²) in [6.07, 6.45) is -0.0696. The van der Waals surface area contributed by atoms with E-state index in [1.165, 1.54) is 16.2 Å². The summed E-state index contributed by atoms with van der Waals surface area (Å²) in [4.78, 5) is 28.5. The molecule has 0 aliphatic carbocycles. The van der Waals surface area contributed by atoms with Gasteiger partial charge in [0, 0.05) is 18.5 Å².